The molecule has 4 rings (SSSR count). The molecule has 2 fully saturated rings. The van der Waals surface area contributed by atoms with Crippen LogP contribution in [0.3, 0.4) is 0 Å². The van der Waals surface area contributed by atoms with E-state index >= 15 is 0 Å². The zero-order valence-corrected chi connectivity index (χ0v) is 28.2. The summed E-state index contributed by atoms with van der Waals surface area (Å²) in [6.45, 7) is 3.67. The summed E-state index contributed by atoms with van der Waals surface area (Å²) in [6, 6.07) is 7.50. The van der Waals surface area contributed by atoms with Crippen molar-refractivity contribution in [1.29, 1.82) is 0 Å². The third-order valence-electron chi connectivity index (χ3n) is 8.63. The molecule has 6 amide bonds. The van der Waals surface area contributed by atoms with E-state index in [0.717, 1.165) is 10.4 Å². The van der Waals surface area contributed by atoms with E-state index in [9.17, 15) is 33.9 Å². The number of fused-ring (bicyclic) bond motifs is 1. The Morgan fingerprint density at radius 1 is 0.917 bits per heavy atom. The minimum absolute atomic E-state index is 0.0995. The molecule has 3 heterocycles. The molecule has 0 bridgehead atoms. The SMILES string of the molecule is CC[C@@H]1NC(=O)[C@@H](NC(=O)Cc2cccs2)CCCCNC(=O)[C@@H]2CCCN2C(=O)[C@@H](Cc2ccccc2)NC(=O)[C@H]([C@@H](C)O)NC1=O. The number of carbonyl (C=O) groups excluding carboxylic acids is 6. The molecule has 0 saturated carbocycles. The van der Waals surface area contributed by atoms with Crippen LogP contribution in [0.4, 0.5) is 0 Å². The first-order valence-electron chi connectivity index (χ1n) is 16.6. The van der Waals surface area contributed by atoms with Gasteiger partial charge in [-0.2, -0.15) is 0 Å². The van der Waals surface area contributed by atoms with E-state index in [1.165, 1.54) is 23.2 Å². The van der Waals surface area contributed by atoms with Crippen LogP contribution in [0.5, 0.6) is 0 Å². The topological polar surface area (TPSA) is 186 Å². The van der Waals surface area contributed by atoms with Gasteiger partial charge in [-0.1, -0.05) is 43.3 Å². The number of nitrogens with one attached hydrogen (secondary N) is 5. The minimum Gasteiger partial charge on any atom is -0.391 e. The van der Waals surface area contributed by atoms with Gasteiger partial charge in [-0.05, 0) is 62.5 Å². The number of hydrogen-bond acceptors (Lipinski definition) is 8. The van der Waals surface area contributed by atoms with Crippen molar-refractivity contribution in [3.05, 3.63) is 58.3 Å². The second kappa shape index (κ2) is 17.7. The molecule has 2 aliphatic rings. The third-order valence-corrected chi connectivity index (χ3v) is 9.50. The third kappa shape index (κ3) is 10.1. The van der Waals surface area contributed by atoms with Crippen molar-refractivity contribution in [2.24, 2.45) is 0 Å². The van der Waals surface area contributed by atoms with Gasteiger partial charge < -0.3 is 36.6 Å². The highest BCUT2D eigenvalue weighted by molar-refractivity contribution is 7.10. The van der Waals surface area contributed by atoms with Crippen LogP contribution >= 0.6 is 11.3 Å². The van der Waals surface area contributed by atoms with Crippen LogP contribution in [0, 0.1) is 0 Å². The lowest BCUT2D eigenvalue weighted by Crippen LogP contribution is -2.61. The summed E-state index contributed by atoms with van der Waals surface area (Å²) in [5.41, 5.74) is 0.776. The zero-order chi connectivity index (χ0) is 34.6. The van der Waals surface area contributed by atoms with Gasteiger partial charge >= 0.3 is 0 Å². The fraction of sp³-hybridized carbons (Fsp3) is 0.529. The van der Waals surface area contributed by atoms with Crippen LogP contribution in [0.2, 0.25) is 0 Å². The van der Waals surface area contributed by atoms with E-state index in [1.54, 1.807) is 6.92 Å². The molecular weight excluding hydrogens is 636 g/mol. The Bertz CT molecular complexity index is 1420. The second-order valence-corrected chi connectivity index (χ2v) is 13.3. The van der Waals surface area contributed by atoms with Gasteiger partial charge in [0.05, 0.1) is 12.5 Å². The van der Waals surface area contributed by atoms with Gasteiger partial charge in [0.15, 0.2) is 0 Å². The van der Waals surface area contributed by atoms with Gasteiger partial charge in [-0.25, -0.2) is 0 Å². The van der Waals surface area contributed by atoms with Crippen LogP contribution in [0.25, 0.3) is 0 Å². The van der Waals surface area contributed by atoms with Gasteiger partial charge in [0.1, 0.15) is 30.2 Å². The van der Waals surface area contributed by atoms with E-state index in [1.807, 2.05) is 47.8 Å². The quantitative estimate of drug-likeness (QED) is 0.246. The summed E-state index contributed by atoms with van der Waals surface area (Å²) in [4.78, 5) is 82.9. The largest absolute Gasteiger partial charge is 0.391 e. The summed E-state index contributed by atoms with van der Waals surface area (Å²) in [5, 5.41) is 26.1. The molecule has 0 radical (unpaired) electrons. The summed E-state index contributed by atoms with van der Waals surface area (Å²) in [7, 11) is 0. The van der Waals surface area contributed by atoms with Gasteiger partial charge in [-0.15, -0.1) is 11.3 Å². The smallest absolute Gasteiger partial charge is 0.246 e. The fourth-order valence-electron chi connectivity index (χ4n) is 5.99. The molecule has 1 aromatic carbocycles. The van der Waals surface area contributed by atoms with Gasteiger partial charge in [0, 0.05) is 24.4 Å². The average Bonchev–Trinajstić information content (AvgIpc) is 3.77. The molecule has 6 N–H and O–H groups in total. The number of carbonyl (C=O) groups is 6. The number of amides is 6. The fourth-order valence-corrected chi connectivity index (χ4v) is 6.69. The van der Waals surface area contributed by atoms with Gasteiger partial charge in [-0.3, -0.25) is 28.8 Å². The molecule has 48 heavy (non-hydrogen) atoms. The highest BCUT2D eigenvalue weighted by Crippen LogP contribution is 2.20. The van der Waals surface area contributed by atoms with Crippen molar-refractivity contribution in [3.8, 4) is 0 Å². The minimum atomic E-state index is -1.45. The number of aliphatic hydroxyl groups is 1. The van der Waals surface area contributed by atoms with Gasteiger partial charge in [0.2, 0.25) is 35.4 Å². The highest BCUT2D eigenvalue weighted by atomic mass is 32.1. The van der Waals surface area contributed by atoms with E-state index < -0.39 is 59.9 Å². The molecule has 1 aromatic heterocycles. The molecule has 260 valence electrons. The maximum Gasteiger partial charge on any atom is 0.246 e. The van der Waals surface area contributed by atoms with Crippen LogP contribution in [0.1, 0.15) is 62.8 Å². The Morgan fingerprint density at radius 3 is 2.35 bits per heavy atom. The van der Waals surface area contributed by atoms with E-state index in [4.69, 9.17) is 0 Å². The lowest BCUT2D eigenvalue weighted by molar-refractivity contribution is -0.142. The molecule has 0 unspecified atom stereocenters. The van der Waals surface area contributed by atoms with E-state index in [-0.39, 0.29) is 37.5 Å². The molecule has 6 atom stereocenters. The molecule has 2 saturated heterocycles. The predicted molar refractivity (Wildman–Crippen MR) is 179 cm³/mol. The van der Waals surface area contributed by atoms with Crippen LogP contribution in [-0.2, 0) is 41.6 Å². The second-order valence-electron chi connectivity index (χ2n) is 12.3. The van der Waals surface area contributed by atoms with Crippen molar-refractivity contribution in [1.82, 2.24) is 31.5 Å². The standard InChI is InChI=1S/C34H46N6O7S/c1-3-24-30(43)39-29(21(2)41)33(46)38-26(19-22-11-5-4-6-12-22)34(47)40-17-9-15-27(40)32(45)35-16-8-7-14-25(31(44)37-24)36-28(42)20-23-13-10-18-48-23/h4-6,10-13,18,21,24-27,29,41H,3,7-9,14-17,19-20H2,1-2H3,(H,35,45)(H,36,42)(H,37,44)(H,38,46)(H,39,43)/t21-,24+,25+,26-,27+,29+/m1/s1. The first-order chi connectivity index (χ1) is 23.1. The number of thiophene rings is 1. The van der Waals surface area contributed by atoms with Crippen LogP contribution in [0.15, 0.2) is 47.8 Å². The maximum atomic E-state index is 14.0. The first kappa shape index (κ1) is 36.5. The summed E-state index contributed by atoms with van der Waals surface area (Å²) < 4.78 is 0. The number of aliphatic hydroxyl groups excluding tert-OH is 1. The molecule has 0 aliphatic carbocycles. The first-order valence-corrected chi connectivity index (χ1v) is 17.5. The number of rotatable bonds is 7. The number of benzene rings is 1. The Morgan fingerprint density at radius 2 is 1.67 bits per heavy atom. The maximum absolute atomic E-state index is 14.0. The Hall–Kier alpha value is -4.30. The molecule has 13 nitrogen and oxygen atoms in total. The van der Waals surface area contributed by atoms with E-state index in [0.29, 0.717) is 38.8 Å². The molecular formula is C34H46N6O7S. The number of hydrogen-bond donors (Lipinski definition) is 6. The van der Waals surface area contributed by atoms with Crippen molar-refractivity contribution < 1.29 is 33.9 Å². The van der Waals surface area contributed by atoms with Gasteiger partial charge in [0.25, 0.3) is 0 Å². The normalized spacial score (nSPS) is 25.7. The average molecular weight is 683 g/mol. The van der Waals surface area contributed by atoms with Crippen molar-refractivity contribution in [3.63, 3.8) is 0 Å². The highest BCUT2D eigenvalue weighted by Gasteiger charge is 2.39. The lowest BCUT2D eigenvalue weighted by atomic mass is 10.0. The van der Waals surface area contributed by atoms with Crippen molar-refractivity contribution >= 4 is 46.8 Å². The zero-order valence-electron chi connectivity index (χ0n) is 27.4. The molecule has 2 aromatic rings. The Balaban J connectivity index is 1.59. The Labute approximate surface area is 284 Å². The van der Waals surface area contributed by atoms with Crippen molar-refractivity contribution in [2.75, 3.05) is 13.1 Å². The summed E-state index contributed by atoms with van der Waals surface area (Å²) in [5.74, 6) is -3.13. The Kier molecular flexibility index (Phi) is 13.5. The molecule has 2 aliphatic heterocycles. The van der Waals surface area contributed by atoms with E-state index in [2.05, 4.69) is 26.6 Å². The monoisotopic (exact) mass is 682 g/mol. The van der Waals surface area contributed by atoms with Crippen LogP contribution < -0.4 is 26.6 Å². The summed E-state index contributed by atoms with van der Waals surface area (Å²) >= 11 is 1.43. The van der Waals surface area contributed by atoms with Crippen LogP contribution in [-0.4, -0.2) is 94.9 Å². The predicted octanol–water partition coefficient (Wildman–Crippen LogP) is 0.554. The molecule has 14 heteroatoms. The molecule has 0 spiro atoms. The summed E-state index contributed by atoms with van der Waals surface area (Å²) in [6.07, 6.45) is 1.37. The number of nitrogens with zero attached hydrogens (tertiary/aromatic N) is 1. The van der Waals surface area contributed by atoms with Crippen molar-refractivity contribution in [2.45, 2.75) is 102 Å². The lowest BCUT2D eigenvalue weighted by Gasteiger charge is -2.30.